The number of halogens is 4. The Morgan fingerprint density at radius 1 is 1.36 bits per heavy atom. The third-order valence-corrected chi connectivity index (χ3v) is 4.37. The van der Waals surface area contributed by atoms with Gasteiger partial charge in [0.1, 0.15) is 0 Å². The minimum atomic E-state index is -4.62. The maximum Gasteiger partial charge on any atom is 0.426 e. The molecule has 1 saturated heterocycles. The molecule has 2 unspecified atom stereocenters. The van der Waals surface area contributed by atoms with Crippen LogP contribution in [0.1, 0.15) is 18.4 Å². The maximum atomic E-state index is 13.3. The van der Waals surface area contributed by atoms with Gasteiger partial charge >= 0.3 is 12.1 Å². The highest BCUT2D eigenvalue weighted by Crippen LogP contribution is 2.26. The summed E-state index contributed by atoms with van der Waals surface area (Å²) in [4.78, 5) is 13.5. The predicted molar refractivity (Wildman–Crippen MR) is 87.6 cm³/mol. The molecule has 1 aromatic rings. The first-order valence-electron chi connectivity index (χ1n) is 8.03. The average molecular weight is 380 g/mol. The summed E-state index contributed by atoms with van der Waals surface area (Å²) in [6.07, 6.45) is -5.52. The fraction of sp³-hybridized carbons (Fsp3) is 0.588. The second-order valence-electron chi connectivity index (χ2n) is 6.08. The minimum absolute atomic E-state index is 0.0904. The van der Waals surface area contributed by atoms with Crippen molar-refractivity contribution < 1.29 is 27.4 Å². The van der Waals surface area contributed by atoms with Gasteiger partial charge in [0.2, 0.25) is 6.10 Å². The van der Waals surface area contributed by atoms with Gasteiger partial charge in [-0.25, -0.2) is 0 Å². The predicted octanol–water partition coefficient (Wildman–Crippen LogP) is 3.47. The smallest absolute Gasteiger partial charge is 0.426 e. The van der Waals surface area contributed by atoms with Crippen molar-refractivity contribution in [1.29, 1.82) is 0 Å². The van der Waals surface area contributed by atoms with Crippen LogP contribution in [0.5, 0.6) is 0 Å². The monoisotopic (exact) mass is 379 g/mol. The Labute approximate surface area is 149 Å². The first-order chi connectivity index (χ1) is 11.8. The molecule has 25 heavy (non-hydrogen) atoms. The maximum absolute atomic E-state index is 13.3. The van der Waals surface area contributed by atoms with E-state index >= 15 is 0 Å². The van der Waals surface area contributed by atoms with E-state index in [0.29, 0.717) is 23.7 Å². The van der Waals surface area contributed by atoms with Crippen molar-refractivity contribution >= 4 is 17.6 Å². The topological polar surface area (TPSA) is 38.8 Å². The van der Waals surface area contributed by atoms with E-state index in [-0.39, 0.29) is 19.1 Å². The van der Waals surface area contributed by atoms with Crippen LogP contribution in [0.2, 0.25) is 5.02 Å². The molecule has 1 aliphatic rings. The third-order valence-electron chi connectivity index (χ3n) is 4.12. The molecule has 0 spiro atoms. The van der Waals surface area contributed by atoms with Gasteiger partial charge in [-0.05, 0) is 37.1 Å². The van der Waals surface area contributed by atoms with Gasteiger partial charge < -0.3 is 9.47 Å². The van der Waals surface area contributed by atoms with E-state index in [0.717, 1.165) is 12.8 Å². The van der Waals surface area contributed by atoms with Crippen LogP contribution in [0.4, 0.5) is 13.2 Å². The van der Waals surface area contributed by atoms with Crippen LogP contribution in [-0.2, 0) is 20.7 Å². The summed E-state index contributed by atoms with van der Waals surface area (Å²) in [5, 5.41) is 0.489. The number of rotatable bonds is 6. The number of piperidine rings is 1. The molecule has 0 saturated carbocycles. The average Bonchev–Trinajstić information content (AvgIpc) is 2.56. The molecule has 2 rings (SSSR count). The van der Waals surface area contributed by atoms with Crippen LogP contribution in [0.3, 0.4) is 0 Å². The summed E-state index contributed by atoms with van der Waals surface area (Å²) in [5.41, 5.74) is 0.549. The Morgan fingerprint density at radius 2 is 2.04 bits per heavy atom. The van der Waals surface area contributed by atoms with Crippen LogP contribution in [0.25, 0.3) is 0 Å². The van der Waals surface area contributed by atoms with Crippen molar-refractivity contribution in [2.45, 2.75) is 37.6 Å². The third kappa shape index (κ3) is 6.49. The molecule has 0 bridgehead atoms. The summed E-state index contributed by atoms with van der Waals surface area (Å²) in [5.74, 6) is -0.912. The number of nitrogens with zero attached hydrogens (tertiary/aromatic N) is 1. The molecule has 0 aliphatic carbocycles. The number of methoxy groups -OCH3 is 1. The molecule has 8 heteroatoms. The highest BCUT2D eigenvalue weighted by molar-refractivity contribution is 6.30. The van der Waals surface area contributed by atoms with Gasteiger partial charge in [0.15, 0.2) is 0 Å². The second kappa shape index (κ2) is 8.87. The van der Waals surface area contributed by atoms with Crippen LogP contribution in [-0.4, -0.2) is 56.0 Å². The summed E-state index contributed by atoms with van der Waals surface area (Å²) >= 11 is 5.74. The lowest BCUT2D eigenvalue weighted by atomic mass is 10.1. The number of likely N-dealkylation sites (tertiary alicyclic amines) is 1. The van der Waals surface area contributed by atoms with Gasteiger partial charge in [0, 0.05) is 25.2 Å². The van der Waals surface area contributed by atoms with Gasteiger partial charge in [-0.15, -0.1) is 0 Å². The molecule has 2 atom stereocenters. The summed E-state index contributed by atoms with van der Waals surface area (Å²) in [7, 11) is 1.54. The van der Waals surface area contributed by atoms with E-state index in [1.165, 1.54) is 0 Å². The fourth-order valence-corrected chi connectivity index (χ4v) is 2.91. The lowest BCUT2D eigenvalue weighted by Gasteiger charge is -2.34. The van der Waals surface area contributed by atoms with E-state index in [1.807, 2.05) is 0 Å². The van der Waals surface area contributed by atoms with E-state index in [2.05, 4.69) is 0 Å². The van der Waals surface area contributed by atoms with E-state index in [1.54, 1.807) is 36.3 Å². The number of alkyl halides is 3. The molecule has 1 fully saturated rings. The van der Waals surface area contributed by atoms with Gasteiger partial charge in [0.05, 0.1) is 12.5 Å². The van der Waals surface area contributed by atoms with Gasteiger partial charge in [-0.1, -0.05) is 23.7 Å². The number of benzene rings is 1. The molecule has 4 nitrogen and oxygen atoms in total. The van der Waals surface area contributed by atoms with Crippen LogP contribution >= 0.6 is 11.6 Å². The highest BCUT2D eigenvalue weighted by Gasteiger charge is 2.44. The SMILES string of the molecule is COC1CCCN(CC(OC(=O)Cc2ccc(Cl)cc2)C(F)(F)F)C1. The van der Waals surface area contributed by atoms with Gasteiger partial charge in [0.25, 0.3) is 0 Å². The number of carbonyl (C=O) groups excluding carboxylic acids is 1. The number of ether oxygens (including phenoxy) is 2. The molecule has 0 radical (unpaired) electrons. The first-order valence-corrected chi connectivity index (χ1v) is 8.41. The van der Waals surface area contributed by atoms with Crippen LogP contribution in [0.15, 0.2) is 24.3 Å². The zero-order chi connectivity index (χ0) is 18.4. The molecular formula is C17H21ClF3NO3. The first kappa shape index (κ1) is 20.0. The van der Waals surface area contributed by atoms with Crippen molar-refractivity contribution in [3.8, 4) is 0 Å². The summed E-state index contributed by atoms with van der Waals surface area (Å²) < 4.78 is 49.7. The lowest BCUT2D eigenvalue weighted by Crippen LogP contribution is -2.48. The fourth-order valence-electron chi connectivity index (χ4n) is 2.78. The largest absolute Gasteiger partial charge is 0.451 e. The molecule has 1 aromatic carbocycles. The summed E-state index contributed by atoms with van der Waals surface area (Å²) in [6, 6.07) is 6.31. The van der Waals surface area contributed by atoms with E-state index in [9.17, 15) is 18.0 Å². The van der Waals surface area contributed by atoms with Crippen LogP contribution < -0.4 is 0 Å². The Morgan fingerprint density at radius 3 is 2.64 bits per heavy atom. The normalized spacial score (nSPS) is 20.3. The van der Waals surface area contributed by atoms with Crippen molar-refractivity contribution in [2.75, 3.05) is 26.7 Å². The van der Waals surface area contributed by atoms with Crippen LogP contribution in [0, 0.1) is 0 Å². The molecule has 0 N–H and O–H groups in total. The zero-order valence-corrected chi connectivity index (χ0v) is 14.6. The zero-order valence-electron chi connectivity index (χ0n) is 13.9. The van der Waals surface area contributed by atoms with Crippen molar-refractivity contribution in [2.24, 2.45) is 0 Å². The van der Waals surface area contributed by atoms with E-state index < -0.39 is 18.2 Å². The molecule has 1 heterocycles. The number of hydrogen-bond donors (Lipinski definition) is 0. The Hall–Kier alpha value is -1.31. The minimum Gasteiger partial charge on any atom is -0.451 e. The molecular weight excluding hydrogens is 359 g/mol. The quantitative estimate of drug-likeness (QED) is 0.709. The van der Waals surface area contributed by atoms with Crippen molar-refractivity contribution in [1.82, 2.24) is 4.90 Å². The second-order valence-corrected chi connectivity index (χ2v) is 6.52. The molecule has 1 aliphatic heterocycles. The van der Waals surface area contributed by atoms with Gasteiger partial charge in [-0.3, -0.25) is 9.69 Å². The lowest BCUT2D eigenvalue weighted by molar-refractivity contribution is -0.225. The molecule has 0 amide bonds. The van der Waals surface area contributed by atoms with Crippen molar-refractivity contribution in [3.05, 3.63) is 34.9 Å². The summed E-state index contributed by atoms with van der Waals surface area (Å²) in [6.45, 7) is 0.550. The van der Waals surface area contributed by atoms with Gasteiger partial charge in [-0.2, -0.15) is 13.2 Å². The van der Waals surface area contributed by atoms with E-state index in [4.69, 9.17) is 21.1 Å². The highest BCUT2D eigenvalue weighted by atomic mass is 35.5. The standard InChI is InChI=1S/C17H21ClF3NO3/c1-24-14-3-2-8-22(10-14)11-15(17(19,20)21)25-16(23)9-12-4-6-13(18)7-5-12/h4-7,14-15H,2-3,8-11H2,1H3. The number of esters is 1. The number of hydrogen-bond acceptors (Lipinski definition) is 4. The number of carbonyl (C=O) groups is 1. The Balaban J connectivity index is 1.95. The van der Waals surface area contributed by atoms with Crippen molar-refractivity contribution in [3.63, 3.8) is 0 Å². The molecule has 140 valence electrons. The Bertz CT molecular complexity index is 565. The Kier molecular flexibility index (Phi) is 7.10. The molecule has 0 aromatic heterocycles.